The molecule has 1 aromatic heterocycles. The molecule has 5 nitrogen and oxygen atoms in total. The average Bonchev–Trinajstić information content (AvgIpc) is 2.64. The van der Waals surface area contributed by atoms with Crippen LogP contribution in [0.3, 0.4) is 0 Å². The first-order valence-electron chi connectivity index (χ1n) is 5.16. The van der Waals surface area contributed by atoms with E-state index >= 15 is 0 Å². The van der Waals surface area contributed by atoms with Crippen molar-refractivity contribution in [3.8, 4) is 0 Å². The van der Waals surface area contributed by atoms with E-state index in [1.807, 2.05) is 0 Å². The smallest absolute Gasteiger partial charge is 0.230 e. The number of anilines is 1. The normalized spacial score (nSPS) is 24.4. The Morgan fingerprint density at radius 2 is 2.38 bits per heavy atom. The number of nitrogens with zero attached hydrogens (tertiary/aromatic N) is 2. The summed E-state index contributed by atoms with van der Waals surface area (Å²) in [5, 5.41) is 6.24. The Kier molecular flexibility index (Phi) is 3.36. The highest BCUT2D eigenvalue weighted by atomic mass is 35.5. The van der Waals surface area contributed by atoms with Crippen LogP contribution in [0.15, 0.2) is 12.4 Å². The van der Waals surface area contributed by atoms with Gasteiger partial charge in [0.1, 0.15) is 17.3 Å². The fourth-order valence-corrected chi connectivity index (χ4v) is 1.93. The van der Waals surface area contributed by atoms with Crippen LogP contribution in [0.5, 0.6) is 0 Å². The van der Waals surface area contributed by atoms with Gasteiger partial charge in [0.05, 0.1) is 5.92 Å². The van der Waals surface area contributed by atoms with Gasteiger partial charge in [0.25, 0.3) is 0 Å². The average molecular weight is 241 g/mol. The second-order valence-electron chi connectivity index (χ2n) is 3.96. The molecule has 1 aliphatic heterocycles. The third kappa shape index (κ3) is 2.48. The summed E-state index contributed by atoms with van der Waals surface area (Å²) in [5.41, 5.74) is 0. The summed E-state index contributed by atoms with van der Waals surface area (Å²) in [7, 11) is 0. The van der Waals surface area contributed by atoms with Gasteiger partial charge in [0.15, 0.2) is 0 Å². The van der Waals surface area contributed by atoms with Crippen molar-refractivity contribution >= 4 is 23.3 Å². The van der Waals surface area contributed by atoms with Crippen molar-refractivity contribution in [2.24, 2.45) is 11.8 Å². The lowest BCUT2D eigenvalue weighted by Gasteiger charge is -2.13. The molecule has 1 amide bonds. The molecule has 1 fully saturated rings. The fourth-order valence-electron chi connectivity index (χ4n) is 1.78. The molecule has 0 radical (unpaired) electrons. The molecule has 0 bridgehead atoms. The predicted octanol–water partition coefficient (Wildman–Crippen LogP) is 0.924. The van der Waals surface area contributed by atoms with E-state index in [9.17, 15) is 4.79 Å². The standard InChI is InChI=1S/C10H13ClN4O/c1-6-3-12-4-7(6)10(16)15-9-2-8(11)13-5-14-9/h2,5-7,12H,3-4H2,1H3,(H,13,14,15,16)/t6-,7-/m1/s1. The van der Waals surface area contributed by atoms with Crippen LogP contribution in [-0.4, -0.2) is 29.0 Å². The molecule has 0 aliphatic carbocycles. The van der Waals surface area contributed by atoms with Gasteiger partial charge in [-0.15, -0.1) is 0 Å². The lowest BCUT2D eigenvalue weighted by atomic mass is 9.97. The van der Waals surface area contributed by atoms with Gasteiger partial charge in [-0.25, -0.2) is 9.97 Å². The molecule has 1 aliphatic rings. The van der Waals surface area contributed by atoms with Crippen molar-refractivity contribution < 1.29 is 4.79 Å². The van der Waals surface area contributed by atoms with E-state index in [0.717, 1.165) is 6.54 Å². The zero-order chi connectivity index (χ0) is 11.5. The Balaban J connectivity index is 2.02. The lowest BCUT2D eigenvalue weighted by molar-refractivity contribution is -0.120. The van der Waals surface area contributed by atoms with Crippen LogP contribution in [0, 0.1) is 11.8 Å². The molecule has 6 heteroatoms. The van der Waals surface area contributed by atoms with Gasteiger partial charge in [0.2, 0.25) is 5.91 Å². The minimum atomic E-state index is -0.0210. The number of carbonyl (C=O) groups excluding carboxylic acids is 1. The molecule has 0 spiro atoms. The van der Waals surface area contributed by atoms with Crippen LogP contribution in [0.4, 0.5) is 5.82 Å². The Hall–Kier alpha value is -1.20. The zero-order valence-corrected chi connectivity index (χ0v) is 9.66. The van der Waals surface area contributed by atoms with E-state index in [-0.39, 0.29) is 11.8 Å². The van der Waals surface area contributed by atoms with Crippen molar-refractivity contribution in [1.82, 2.24) is 15.3 Å². The molecule has 2 N–H and O–H groups in total. The minimum Gasteiger partial charge on any atom is -0.316 e. The Morgan fingerprint density at radius 1 is 1.56 bits per heavy atom. The van der Waals surface area contributed by atoms with Gasteiger partial charge in [-0.2, -0.15) is 0 Å². The first-order chi connectivity index (χ1) is 7.66. The SMILES string of the molecule is C[C@@H]1CNC[C@H]1C(=O)Nc1cc(Cl)ncn1. The molecule has 1 saturated heterocycles. The maximum Gasteiger partial charge on any atom is 0.230 e. The lowest BCUT2D eigenvalue weighted by Crippen LogP contribution is -2.28. The first kappa shape index (κ1) is 11.3. The van der Waals surface area contributed by atoms with Crippen LogP contribution < -0.4 is 10.6 Å². The van der Waals surface area contributed by atoms with Crippen molar-refractivity contribution in [3.05, 3.63) is 17.5 Å². The Labute approximate surface area is 98.6 Å². The Bertz CT molecular complexity index is 398. The molecule has 0 unspecified atom stereocenters. The molecule has 2 atom stereocenters. The van der Waals surface area contributed by atoms with Gasteiger partial charge in [0, 0.05) is 12.6 Å². The summed E-state index contributed by atoms with van der Waals surface area (Å²) < 4.78 is 0. The second-order valence-corrected chi connectivity index (χ2v) is 4.34. The molecule has 1 aromatic rings. The van der Waals surface area contributed by atoms with Gasteiger partial charge < -0.3 is 10.6 Å². The quantitative estimate of drug-likeness (QED) is 0.755. The van der Waals surface area contributed by atoms with E-state index in [1.54, 1.807) is 0 Å². The number of hydrogen-bond donors (Lipinski definition) is 2. The second kappa shape index (κ2) is 4.76. The summed E-state index contributed by atoms with van der Waals surface area (Å²) in [6.07, 6.45) is 1.33. The summed E-state index contributed by atoms with van der Waals surface area (Å²) >= 11 is 5.70. The van der Waals surface area contributed by atoms with Crippen LogP contribution in [0.2, 0.25) is 5.15 Å². The number of hydrogen-bond acceptors (Lipinski definition) is 4. The summed E-state index contributed by atoms with van der Waals surface area (Å²) in [6, 6.07) is 1.53. The third-order valence-electron chi connectivity index (χ3n) is 2.74. The number of nitrogens with one attached hydrogen (secondary N) is 2. The maximum absolute atomic E-state index is 11.9. The zero-order valence-electron chi connectivity index (χ0n) is 8.90. The van der Waals surface area contributed by atoms with Gasteiger partial charge in [-0.3, -0.25) is 4.79 Å². The highest BCUT2D eigenvalue weighted by Crippen LogP contribution is 2.18. The van der Waals surface area contributed by atoms with Crippen molar-refractivity contribution in [3.63, 3.8) is 0 Å². The Morgan fingerprint density at radius 3 is 3.00 bits per heavy atom. The van der Waals surface area contributed by atoms with Crippen LogP contribution in [-0.2, 0) is 4.79 Å². The number of aromatic nitrogens is 2. The predicted molar refractivity (Wildman–Crippen MR) is 61.2 cm³/mol. The van der Waals surface area contributed by atoms with E-state index in [0.29, 0.717) is 23.4 Å². The number of rotatable bonds is 2. The van der Waals surface area contributed by atoms with Crippen LogP contribution >= 0.6 is 11.6 Å². The number of carbonyl (C=O) groups is 1. The number of halogens is 1. The fraction of sp³-hybridized carbons (Fsp3) is 0.500. The molecular formula is C10H13ClN4O. The molecule has 2 heterocycles. The highest BCUT2D eigenvalue weighted by Gasteiger charge is 2.29. The molecule has 0 aromatic carbocycles. The van der Waals surface area contributed by atoms with Gasteiger partial charge >= 0.3 is 0 Å². The number of amides is 1. The molecule has 2 rings (SSSR count). The minimum absolute atomic E-state index is 0.00580. The van der Waals surface area contributed by atoms with E-state index in [2.05, 4.69) is 27.5 Å². The van der Waals surface area contributed by atoms with E-state index in [4.69, 9.17) is 11.6 Å². The summed E-state index contributed by atoms with van der Waals surface area (Å²) in [6.45, 7) is 3.64. The maximum atomic E-state index is 11.9. The van der Waals surface area contributed by atoms with Crippen LogP contribution in [0.25, 0.3) is 0 Å². The van der Waals surface area contributed by atoms with E-state index in [1.165, 1.54) is 12.4 Å². The summed E-state index contributed by atoms with van der Waals surface area (Å²) in [5.74, 6) is 0.766. The van der Waals surface area contributed by atoms with Crippen molar-refractivity contribution in [1.29, 1.82) is 0 Å². The monoisotopic (exact) mass is 240 g/mol. The molecule has 0 saturated carbocycles. The summed E-state index contributed by atoms with van der Waals surface area (Å²) in [4.78, 5) is 19.6. The topological polar surface area (TPSA) is 66.9 Å². The third-order valence-corrected chi connectivity index (χ3v) is 2.95. The van der Waals surface area contributed by atoms with Gasteiger partial charge in [-0.05, 0) is 12.5 Å². The van der Waals surface area contributed by atoms with Gasteiger partial charge in [-0.1, -0.05) is 18.5 Å². The molecular weight excluding hydrogens is 228 g/mol. The first-order valence-corrected chi connectivity index (χ1v) is 5.53. The largest absolute Gasteiger partial charge is 0.316 e. The molecule has 86 valence electrons. The van der Waals surface area contributed by atoms with Crippen LogP contribution in [0.1, 0.15) is 6.92 Å². The molecule has 16 heavy (non-hydrogen) atoms. The van der Waals surface area contributed by atoms with E-state index < -0.39 is 0 Å². The van der Waals surface area contributed by atoms with Crippen molar-refractivity contribution in [2.45, 2.75) is 6.92 Å². The van der Waals surface area contributed by atoms with Crippen molar-refractivity contribution in [2.75, 3.05) is 18.4 Å². The highest BCUT2D eigenvalue weighted by molar-refractivity contribution is 6.29.